The van der Waals surface area contributed by atoms with Crippen molar-refractivity contribution >= 4 is 0 Å². The largest absolute Gasteiger partial charge is 0.329 e. The lowest BCUT2D eigenvalue weighted by Gasteiger charge is -2.12. The van der Waals surface area contributed by atoms with Gasteiger partial charge in [-0.3, -0.25) is 0 Å². The average molecular weight is 229 g/mol. The fourth-order valence-electron chi connectivity index (χ4n) is 2.08. The monoisotopic (exact) mass is 229 g/mol. The van der Waals surface area contributed by atoms with E-state index >= 15 is 0 Å². The minimum atomic E-state index is -0.0732. The van der Waals surface area contributed by atoms with Crippen molar-refractivity contribution < 1.29 is 0 Å². The van der Waals surface area contributed by atoms with Crippen LogP contribution in [-0.4, -0.2) is 11.1 Å². The summed E-state index contributed by atoms with van der Waals surface area (Å²) in [4.78, 5) is 0. The molecule has 0 fully saturated rings. The van der Waals surface area contributed by atoms with E-state index in [0.717, 1.165) is 11.3 Å². The Morgan fingerprint density at radius 1 is 1.00 bits per heavy atom. The summed E-state index contributed by atoms with van der Waals surface area (Å²) >= 11 is 0. The molecule has 90 valence electrons. The zero-order chi connectivity index (χ0) is 12.4. The topological polar surface area (TPSA) is 57.0 Å². The molecule has 0 aliphatic heterocycles. The van der Waals surface area contributed by atoms with E-state index in [0.29, 0.717) is 6.54 Å². The SMILES string of the molecule is Cc1ccc(C)n1-c1ccc(C(N)CN)cc1. The van der Waals surface area contributed by atoms with Crippen LogP contribution in [0.5, 0.6) is 0 Å². The summed E-state index contributed by atoms with van der Waals surface area (Å²) in [6.45, 7) is 4.68. The van der Waals surface area contributed by atoms with Crippen LogP contribution in [0.15, 0.2) is 36.4 Å². The van der Waals surface area contributed by atoms with Gasteiger partial charge < -0.3 is 16.0 Å². The third kappa shape index (κ3) is 2.25. The number of nitrogens with two attached hydrogens (primary N) is 2. The number of aryl methyl sites for hydroxylation is 2. The van der Waals surface area contributed by atoms with Gasteiger partial charge in [-0.25, -0.2) is 0 Å². The average Bonchev–Trinajstić information content (AvgIpc) is 2.68. The van der Waals surface area contributed by atoms with Crippen molar-refractivity contribution in [3.63, 3.8) is 0 Å². The fraction of sp³-hybridized carbons (Fsp3) is 0.286. The highest BCUT2D eigenvalue weighted by Crippen LogP contribution is 2.18. The first kappa shape index (κ1) is 11.9. The molecule has 17 heavy (non-hydrogen) atoms. The molecule has 3 nitrogen and oxygen atoms in total. The van der Waals surface area contributed by atoms with Gasteiger partial charge in [0.05, 0.1) is 0 Å². The van der Waals surface area contributed by atoms with Gasteiger partial charge in [0.2, 0.25) is 0 Å². The van der Waals surface area contributed by atoms with Gasteiger partial charge >= 0.3 is 0 Å². The molecule has 1 aromatic heterocycles. The van der Waals surface area contributed by atoms with Crippen molar-refractivity contribution in [3.05, 3.63) is 53.3 Å². The molecule has 3 heteroatoms. The second-order valence-electron chi connectivity index (χ2n) is 4.39. The van der Waals surface area contributed by atoms with Crippen LogP contribution in [0.25, 0.3) is 5.69 Å². The van der Waals surface area contributed by atoms with Gasteiger partial charge in [-0.15, -0.1) is 0 Å². The Hall–Kier alpha value is -1.58. The molecule has 0 spiro atoms. The maximum absolute atomic E-state index is 5.89. The first-order valence-corrected chi connectivity index (χ1v) is 5.84. The summed E-state index contributed by atoms with van der Waals surface area (Å²) in [7, 11) is 0. The predicted octanol–water partition coefficient (Wildman–Crippen LogP) is 2.05. The molecule has 0 radical (unpaired) electrons. The van der Waals surface area contributed by atoms with Crippen molar-refractivity contribution in [3.8, 4) is 5.69 Å². The Bertz CT molecular complexity index is 477. The molecule has 4 N–H and O–H groups in total. The lowest BCUT2D eigenvalue weighted by molar-refractivity contribution is 0.736. The third-order valence-electron chi connectivity index (χ3n) is 3.10. The van der Waals surface area contributed by atoms with Crippen LogP contribution in [0.2, 0.25) is 0 Å². The quantitative estimate of drug-likeness (QED) is 0.846. The second-order valence-corrected chi connectivity index (χ2v) is 4.39. The number of nitrogens with zero attached hydrogens (tertiary/aromatic N) is 1. The Morgan fingerprint density at radius 3 is 2.00 bits per heavy atom. The smallest absolute Gasteiger partial charge is 0.0455 e. The lowest BCUT2D eigenvalue weighted by atomic mass is 10.1. The van der Waals surface area contributed by atoms with Crippen LogP contribution in [0.4, 0.5) is 0 Å². The van der Waals surface area contributed by atoms with Crippen LogP contribution >= 0.6 is 0 Å². The van der Waals surface area contributed by atoms with Crippen LogP contribution in [0, 0.1) is 13.8 Å². The zero-order valence-corrected chi connectivity index (χ0v) is 10.4. The highest BCUT2D eigenvalue weighted by Gasteiger charge is 2.06. The minimum absolute atomic E-state index is 0.0732. The highest BCUT2D eigenvalue weighted by atomic mass is 15.0. The molecular weight excluding hydrogens is 210 g/mol. The van der Waals surface area contributed by atoms with Gasteiger partial charge in [0.25, 0.3) is 0 Å². The van der Waals surface area contributed by atoms with Crippen LogP contribution in [-0.2, 0) is 0 Å². The molecular formula is C14H19N3. The molecule has 2 aromatic rings. The molecule has 0 saturated heterocycles. The van der Waals surface area contributed by atoms with E-state index in [1.54, 1.807) is 0 Å². The molecule has 1 heterocycles. The van der Waals surface area contributed by atoms with E-state index in [9.17, 15) is 0 Å². The predicted molar refractivity (Wildman–Crippen MR) is 71.2 cm³/mol. The summed E-state index contributed by atoms with van der Waals surface area (Å²) in [6.07, 6.45) is 0. The molecule has 0 saturated carbocycles. The maximum Gasteiger partial charge on any atom is 0.0455 e. The highest BCUT2D eigenvalue weighted by molar-refractivity contribution is 5.40. The van der Waals surface area contributed by atoms with E-state index in [-0.39, 0.29) is 6.04 Å². The van der Waals surface area contributed by atoms with Gasteiger partial charge in [-0.1, -0.05) is 12.1 Å². The van der Waals surface area contributed by atoms with Gasteiger partial charge in [-0.2, -0.15) is 0 Å². The van der Waals surface area contributed by atoms with Crippen molar-refractivity contribution in [1.29, 1.82) is 0 Å². The Balaban J connectivity index is 2.36. The van der Waals surface area contributed by atoms with Crippen molar-refractivity contribution in [2.24, 2.45) is 11.5 Å². The molecule has 1 atom stereocenters. The Kier molecular flexibility index (Phi) is 3.31. The number of benzene rings is 1. The molecule has 0 aliphatic carbocycles. The lowest BCUT2D eigenvalue weighted by Crippen LogP contribution is -2.20. The summed E-state index contributed by atoms with van der Waals surface area (Å²) < 4.78 is 2.22. The molecule has 1 aromatic carbocycles. The van der Waals surface area contributed by atoms with E-state index in [4.69, 9.17) is 11.5 Å². The third-order valence-corrected chi connectivity index (χ3v) is 3.10. The van der Waals surface area contributed by atoms with Gasteiger partial charge in [0.1, 0.15) is 0 Å². The molecule has 0 aliphatic rings. The standard InChI is InChI=1S/C14H19N3/c1-10-3-4-11(2)17(10)13-7-5-12(6-8-13)14(16)9-15/h3-8,14H,9,15-16H2,1-2H3. The van der Waals surface area contributed by atoms with E-state index in [1.165, 1.54) is 11.4 Å². The van der Waals surface area contributed by atoms with Crippen molar-refractivity contribution in [2.75, 3.05) is 6.54 Å². The maximum atomic E-state index is 5.89. The van der Waals surface area contributed by atoms with Crippen LogP contribution < -0.4 is 11.5 Å². The zero-order valence-electron chi connectivity index (χ0n) is 10.4. The van der Waals surface area contributed by atoms with Gasteiger partial charge in [0.15, 0.2) is 0 Å². The van der Waals surface area contributed by atoms with E-state index in [2.05, 4.69) is 42.7 Å². The summed E-state index contributed by atoms with van der Waals surface area (Å²) in [6, 6.07) is 12.4. The number of rotatable bonds is 3. The number of hydrogen-bond acceptors (Lipinski definition) is 2. The van der Waals surface area contributed by atoms with Crippen LogP contribution in [0.3, 0.4) is 0 Å². The summed E-state index contributed by atoms with van der Waals surface area (Å²) in [5.41, 5.74) is 16.2. The molecule has 0 bridgehead atoms. The summed E-state index contributed by atoms with van der Waals surface area (Å²) in [5.74, 6) is 0. The van der Waals surface area contributed by atoms with Crippen molar-refractivity contribution in [1.82, 2.24) is 4.57 Å². The van der Waals surface area contributed by atoms with Gasteiger partial charge in [0, 0.05) is 29.7 Å². The first-order valence-electron chi connectivity index (χ1n) is 5.84. The Labute approximate surface area is 102 Å². The Morgan fingerprint density at radius 2 is 1.53 bits per heavy atom. The molecule has 0 amide bonds. The molecule has 2 rings (SSSR count). The van der Waals surface area contributed by atoms with Crippen molar-refractivity contribution in [2.45, 2.75) is 19.9 Å². The second kappa shape index (κ2) is 4.73. The fourth-order valence-corrected chi connectivity index (χ4v) is 2.08. The summed E-state index contributed by atoms with van der Waals surface area (Å²) in [5, 5.41) is 0. The first-order chi connectivity index (χ1) is 8.13. The number of aromatic nitrogens is 1. The molecule has 1 unspecified atom stereocenters. The van der Waals surface area contributed by atoms with E-state index < -0.39 is 0 Å². The minimum Gasteiger partial charge on any atom is -0.329 e. The van der Waals surface area contributed by atoms with Gasteiger partial charge in [-0.05, 0) is 43.7 Å². The van der Waals surface area contributed by atoms with E-state index in [1.807, 2.05) is 12.1 Å². The normalized spacial score (nSPS) is 12.7. The number of hydrogen-bond donors (Lipinski definition) is 2. The van der Waals surface area contributed by atoms with Crippen LogP contribution in [0.1, 0.15) is 23.0 Å².